The zero-order valence-corrected chi connectivity index (χ0v) is 15.6. The van der Waals surface area contributed by atoms with Gasteiger partial charge in [0.2, 0.25) is 5.78 Å². The van der Waals surface area contributed by atoms with Crippen LogP contribution < -0.4 is 16.0 Å². The zero-order valence-electron chi connectivity index (χ0n) is 14.1. The van der Waals surface area contributed by atoms with Gasteiger partial charge in [0, 0.05) is 40.5 Å². The first kappa shape index (κ1) is 17.0. The Morgan fingerprint density at radius 3 is 2.85 bits per heavy atom. The summed E-state index contributed by atoms with van der Waals surface area (Å²) in [6.45, 7) is 3.58. The third-order valence-corrected chi connectivity index (χ3v) is 5.40. The number of carbonyl (C=O) groups excluding carboxylic acids is 1. The Balaban J connectivity index is 2.19. The van der Waals surface area contributed by atoms with E-state index in [1.165, 1.54) is 0 Å². The highest BCUT2D eigenvalue weighted by atomic mass is 35.5. The average Bonchev–Trinajstić information content (AvgIpc) is 2.77. The van der Waals surface area contributed by atoms with E-state index in [4.69, 9.17) is 23.2 Å². The van der Waals surface area contributed by atoms with E-state index in [-0.39, 0.29) is 11.4 Å². The summed E-state index contributed by atoms with van der Waals surface area (Å²) in [5, 5.41) is 15.6. The van der Waals surface area contributed by atoms with Gasteiger partial charge in [-0.05, 0) is 37.1 Å². The van der Waals surface area contributed by atoms with Crippen molar-refractivity contribution < 1.29 is 4.79 Å². The minimum absolute atomic E-state index is 0.121. The summed E-state index contributed by atoms with van der Waals surface area (Å²) in [6, 6.07) is 7.30. The van der Waals surface area contributed by atoms with Crippen LogP contribution in [0.2, 0.25) is 10.0 Å². The Labute approximate surface area is 160 Å². The molecule has 2 aromatic rings. The molecule has 0 spiro atoms. The Morgan fingerprint density at radius 2 is 2.12 bits per heavy atom. The monoisotopic (exact) mass is 383 g/mol. The average molecular weight is 384 g/mol. The summed E-state index contributed by atoms with van der Waals surface area (Å²) in [7, 11) is 0. The molecule has 0 bridgehead atoms. The second-order valence-electron chi connectivity index (χ2n) is 6.37. The van der Waals surface area contributed by atoms with Crippen molar-refractivity contribution in [3.63, 3.8) is 0 Å². The number of allylic oxidation sites excluding steroid dienone is 2. The molecule has 0 saturated heterocycles. The van der Waals surface area contributed by atoms with E-state index >= 15 is 0 Å². The molecule has 0 saturated carbocycles. The standard InChI is InChI=1S/C20H15Cl2N3O/c1-11-17-10-24-5-2-6-25(17)19-15(7-12(9-23)20(26)18(11)19)14-4-3-13(21)8-16(14)22/h3-4,7-8,10,24H,2,5-6H2,1H3. The van der Waals surface area contributed by atoms with Crippen molar-refractivity contribution in [3.05, 3.63) is 67.3 Å². The van der Waals surface area contributed by atoms with Crippen molar-refractivity contribution in [2.75, 3.05) is 6.54 Å². The van der Waals surface area contributed by atoms with Gasteiger partial charge in [0.05, 0.1) is 16.3 Å². The topological polar surface area (TPSA) is 57.8 Å². The van der Waals surface area contributed by atoms with Crippen LogP contribution in [0.5, 0.6) is 0 Å². The summed E-state index contributed by atoms with van der Waals surface area (Å²) < 4.78 is 2.15. The number of nitrogens with zero attached hydrogens (tertiary/aromatic N) is 2. The molecule has 6 heteroatoms. The second kappa shape index (κ2) is 6.35. The summed E-state index contributed by atoms with van der Waals surface area (Å²) >= 11 is 12.5. The summed E-state index contributed by atoms with van der Waals surface area (Å²) in [6.07, 6.45) is 4.53. The molecule has 0 radical (unpaired) electrons. The Kier molecular flexibility index (Phi) is 4.14. The fourth-order valence-corrected chi connectivity index (χ4v) is 4.17. The first-order valence-corrected chi connectivity index (χ1v) is 9.07. The number of hydrogen-bond donors (Lipinski definition) is 1. The number of fused-ring (bicyclic) bond motifs is 3. The second-order valence-corrected chi connectivity index (χ2v) is 7.22. The van der Waals surface area contributed by atoms with Gasteiger partial charge in [-0.1, -0.05) is 29.3 Å². The van der Waals surface area contributed by atoms with Crippen molar-refractivity contribution in [2.45, 2.75) is 19.9 Å². The van der Waals surface area contributed by atoms with Crippen molar-refractivity contribution in [1.29, 1.82) is 5.26 Å². The maximum atomic E-state index is 12.9. The van der Waals surface area contributed by atoms with Gasteiger partial charge in [-0.2, -0.15) is 5.26 Å². The first-order chi connectivity index (χ1) is 12.5. The van der Waals surface area contributed by atoms with Crippen LogP contribution in [-0.4, -0.2) is 16.9 Å². The lowest BCUT2D eigenvalue weighted by molar-refractivity contribution is 0.103. The fraction of sp³-hybridized carbons (Fsp3) is 0.200. The number of Topliss-reactive ketones (excluding diaryl/α,β-unsaturated/α-hetero) is 1. The van der Waals surface area contributed by atoms with Crippen LogP contribution in [-0.2, 0) is 6.54 Å². The maximum absolute atomic E-state index is 12.9. The van der Waals surface area contributed by atoms with Crippen LogP contribution in [0.4, 0.5) is 0 Å². The molecule has 1 aromatic heterocycles. The minimum Gasteiger partial charge on any atom is -0.389 e. The van der Waals surface area contributed by atoms with E-state index in [2.05, 4.69) is 9.88 Å². The van der Waals surface area contributed by atoms with E-state index in [1.807, 2.05) is 25.3 Å². The molecule has 4 rings (SSSR count). The summed E-state index contributed by atoms with van der Waals surface area (Å²) in [5.41, 5.74) is 3.12. The molecule has 1 aliphatic carbocycles. The number of rotatable bonds is 1. The SMILES string of the molecule is Cc1c2c(n3c1=CNCCC3)=C(c1ccc(Cl)cc1Cl)C=C(C#N)C2=O. The van der Waals surface area contributed by atoms with Crippen molar-refractivity contribution >= 4 is 40.8 Å². The van der Waals surface area contributed by atoms with Crippen LogP contribution in [0.1, 0.15) is 27.9 Å². The zero-order chi connectivity index (χ0) is 18.4. The Hall–Kier alpha value is -2.48. The Bertz CT molecular complexity index is 1150. The van der Waals surface area contributed by atoms with E-state index < -0.39 is 0 Å². The molecule has 1 aromatic carbocycles. The van der Waals surface area contributed by atoms with E-state index in [1.54, 1.807) is 18.2 Å². The maximum Gasteiger partial charge on any atom is 0.206 e. The van der Waals surface area contributed by atoms with E-state index in [0.717, 1.165) is 46.9 Å². The first-order valence-electron chi connectivity index (χ1n) is 8.32. The van der Waals surface area contributed by atoms with Gasteiger partial charge >= 0.3 is 0 Å². The third-order valence-electron chi connectivity index (χ3n) is 4.86. The van der Waals surface area contributed by atoms with Gasteiger partial charge in [-0.3, -0.25) is 4.79 Å². The molecule has 26 heavy (non-hydrogen) atoms. The lowest BCUT2D eigenvalue weighted by atomic mass is 9.91. The molecule has 2 heterocycles. The van der Waals surface area contributed by atoms with E-state index in [9.17, 15) is 10.1 Å². The largest absolute Gasteiger partial charge is 0.389 e. The molecule has 4 nitrogen and oxygen atoms in total. The lowest BCUT2D eigenvalue weighted by Gasteiger charge is -2.14. The highest BCUT2D eigenvalue weighted by Crippen LogP contribution is 2.29. The molecule has 0 amide bonds. The van der Waals surface area contributed by atoms with Gasteiger partial charge in [-0.15, -0.1) is 0 Å². The molecular formula is C20H15Cl2N3O. The normalized spacial score (nSPS) is 15.8. The summed E-state index contributed by atoms with van der Waals surface area (Å²) in [5.74, 6) is -0.234. The molecule has 2 aliphatic rings. The Morgan fingerprint density at radius 1 is 1.31 bits per heavy atom. The van der Waals surface area contributed by atoms with Gasteiger partial charge in [0.15, 0.2) is 0 Å². The molecule has 0 fully saturated rings. The number of aromatic nitrogens is 1. The van der Waals surface area contributed by atoms with Crippen LogP contribution in [0.25, 0.3) is 11.8 Å². The van der Waals surface area contributed by atoms with Crippen molar-refractivity contribution in [1.82, 2.24) is 9.88 Å². The minimum atomic E-state index is -0.234. The quantitative estimate of drug-likeness (QED) is 0.823. The number of halogens is 2. The number of nitrogens with one attached hydrogen (secondary N) is 1. The number of carbonyl (C=O) groups is 1. The molecule has 0 atom stereocenters. The molecular weight excluding hydrogens is 369 g/mol. The van der Waals surface area contributed by atoms with Crippen LogP contribution >= 0.6 is 23.2 Å². The van der Waals surface area contributed by atoms with E-state index in [0.29, 0.717) is 15.6 Å². The lowest BCUT2D eigenvalue weighted by Crippen LogP contribution is -2.32. The molecule has 130 valence electrons. The van der Waals surface area contributed by atoms with Crippen LogP contribution in [0.3, 0.4) is 0 Å². The highest BCUT2D eigenvalue weighted by Gasteiger charge is 2.28. The highest BCUT2D eigenvalue weighted by molar-refractivity contribution is 6.36. The van der Waals surface area contributed by atoms with Crippen LogP contribution in [0.15, 0.2) is 29.8 Å². The summed E-state index contributed by atoms with van der Waals surface area (Å²) in [4.78, 5) is 12.9. The number of nitriles is 1. The molecule has 1 aliphatic heterocycles. The number of ketones is 1. The number of benzene rings is 1. The van der Waals surface area contributed by atoms with Gasteiger partial charge in [-0.25, -0.2) is 0 Å². The third kappa shape index (κ3) is 2.47. The van der Waals surface area contributed by atoms with Gasteiger partial charge in [0.25, 0.3) is 0 Å². The van der Waals surface area contributed by atoms with Crippen molar-refractivity contribution in [3.8, 4) is 6.07 Å². The fourth-order valence-electron chi connectivity index (χ4n) is 3.66. The molecule has 0 unspecified atom stereocenters. The van der Waals surface area contributed by atoms with Crippen LogP contribution in [0, 0.1) is 18.3 Å². The van der Waals surface area contributed by atoms with Gasteiger partial charge < -0.3 is 9.88 Å². The number of hydrogen-bond acceptors (Lipinski definition) is 3. The predicted octanol–water partition coefficient (Wildman–Crippen LogP) is 2.68. The van der Waals surface area contributed by atoms with Crippen molar-refractivity contribution in [2.24, 2.45) is 0 Å². The molecule has 1 N–H and O–H groups in total. The smallest absolute Gasteiger partial charge is 0.206 e. The predicted molar refractivity (Wildman–Crippen MR) is 103 cm³/mol. The van der Waals surface area contributed by atoms with Gasteiger partial charge in [0.1, 0.15) is 11.6 Å².